The van der Waals surface area contributed by atoms with E-state index in [9.17, 15) is 4.79 Å². The van der Waals surface area contributed by atoms with Crippen molar-refractivity contribution in [2.24, 2.45) is 0 Å². The summed E-state index contributed by atoms with van der Waals surface area (Å²) in [6, 6.07) is 0.502. The summed E-state index contributed by atoms with van der Waals surface area (Å²) in [5.41, 5.74) is 1.19. The van der Waals surface area contributed by atoms with Gasteiger partial charge in [0.2, 0.25) is 0 Å². The van der Waals surface area contributed by atoms with Crippen LogP contribution in [-0.2, 0) is 12.0 Å². The second-order valence-corrected chi connectivity index (χ2v) is 7.53. The molecule has 0 saturated carbocycles. The number of nitrogens with one attached hydrogen (secondary N) is 1. The molecule has 0 spiro atoms. The first-order valence-corrected chi connectivity index (χ1v) is 8.04. The lowest BCUT2D eigenvalue weighted by molar-refractivity contribution is 0.178. The standard InChI is InChI=1S/C14H22N4OS/c1-14(2,3)11-9-20-12(16-11)8-17-7-10-6-15-4-5-18(10)13(17)19/h9-10,15H,4-8H2,1-3H3. The molecule has 1 unspecified atom stereocenters. The first-order chi connectivity index (χ1) is 9.45. The summed E-state index contributed by atoms with van der Waals surface area (Å²) in [5, 5.41) is 6.51. The summed E-state index contributed by atoms with van der Waals surface area (Å²) in [6.07, 6.45) is 0. The Kier molecular flexibility index (Phi) is 3.46. The minimum absolute atomic E-state index is 0.0746. The maximum atomic E-state index is 12.3. The third kappa shape index (κ3) is 2.54. The van der Waals surface area contributed by atoms with E-state index in [1.165, 1.54) is 0 Å². The first kappa shape index (κ1) is 13.8. The Hall–Kier alpha value is -1.14. The second kappa shape index (κ2) is 5.00. The van der Waals surface area contributed by atoms with E-state index >= 15 is 0 Å². The fourth-order valence-corrected chi connectivity index (χ4v) is 3.75. The molecule has 3 heterocycles. The zero-order valence-electron chi connectivity index (χ0n) is 12.3. The zero-order valence-corrected chi connectivity index (χ0v) is 13.2. The van der Waals surface area contributed by atoms with E-state index in [-0.39, 0.29) is 11.4 Å². The van der Waals surface area contributed by atoms with Crippen LogP contribution in [0.5, 0.6) is 0 Å². The fourth-order valence-electron chi connectivity index (χ4n) is 2.71. The van der Waals surface area contributed by atoms with Crippen molar-refractivity contribution in [2.75, 3.05) is 26.2 Å². The van der Waals surface area contributed by atoms with E-state index in [0.717, 1.165) is 36.9 Å². The zero-order chi connectivity index (χ0) is 14.3. The first-order valence-electron chi connectivity index (χ1n) is 7.16. The summed E-state index contributed by atoms with van der Waals surface area (Å²) in [4.78, 5) is 21.0. The van der Waals surface area contributed by atoms with Crippen molar-refractivity contribution in [1.29, 1.82) is 0 Å². The van der Waals surface area contributed by atoms with E-state index in [2.05, 4.69) is 36.5 Å². The molecule has 20 heavy (non-hydrogen) atoms. The molecule has 6 heteroatoms. The van der Waals surface area contributed by atoms with Gasteiger partial charge in [-0.05, 0) is 0 Å². The molecule has 0 bridgehead atoms. The molecule has 1 aromatic heterocycles. The van der Waals surface area contributed by atoms with Crippen LogP contribution in [0.15, 0.2) is 5.38 Å². The molecule has 1 atom stereocenters. The number of hydrogen-bond acceptors (Lipinski definition) is 4. The molecule has 2 aliphatic rings. The maximum Gasteiger partial charge on any atom is 0.320 e. The largest absolute Gasteiger partial charge is 0.320 e. The van der Waals surface area contributed by atoms with Gasteiger partial charge in [0.25, 0.3) is 0 Å². The highest BCUT2D eigenvalue weighted by molar-refractivity contribution is 7.09. The number of urea groups is 1. The van der Waals surface area contributed by atoms with Crippen molar-refractivity contribution in [1.82, 2.24) is 20.1 Å². The maximum absolute atomic E-state index is 12.3. The molecule has 0 aromatic carbocycles. The third-order valence-corrected chi connectivity index (χ3v) is 4.78. The minimum Gasteiger partial charge on any atom is -0.317 e. The molecule has 5 nitrogen and oxygen atoms in total. The molecule has 1 N–H and O–H groups in total. The normalized spacial score (nSPS) is 23.4. The van der Waals surface area contributed by atoms with Crippen LogP contribution in [-0.4, -0.2) is 53.0 Å². The summed E-state index contributed by atoms with van der Waals surface area (Å²) >= 11 is 1.66. The lowest BCUT2D eigenvalue weighted by Gasteiger charge is -2.28. The quantitative estimate of drug-likeness (QED) is 0.902. The van der Waals surface area contributed by atoms with E-state index in [0.29, 0.717) is 12.6 Å². The molecule has 2 aliphatic heterocycles. The number of fused-ring (bicyclic) bond motifs is 1. The summed E-state index contributed by atoms with van der Waals surface area (Å²) < 4.78 is 0. The highest BCUT2D eigenvalue weighted by Gasteiger charge is 2.38. The highest BCUT2D eigenvalue weighted by atomic mass is 32.1. The second-order valence-electron chi connectivity index (χ2n) is 6.59. The van der Waals surface area contributed by atoms with Gasteiger partial charge >= 0.3 is 6.03 Å². The van der Waals surface area contributed by atoms with Crippen molar-refractivity contribution in [3.63, 3.8) is 0 Å². The average molecular weight is 294 g/mol. The Labute approximate surface area is 124 Å². The van der Waals surface area contributed by atoms with Gasteiger partial charge in [-0.1, -0.05) is 20.8 Å². The molecule has 110 valence electrons. The SMILES string of the molecule is CC(C)(C)c1csc(CN2CC3CNCCN3C2=O)n1. The third-order valence-electron chi connectivity index (χ3n) is 3.94. The molecule has 0 radical (unpaired) electrons. The van der Waals surface area contributed by atoms with E-state index < -0.39 is 0 Å². The van der Waals surface area contributed by atoms with Gasteiger partial charge in [0, 0.05) is 37.0 Å². The Morgan fingerprint density at radius 1 is 1.50 bits per heavy atom. The predicted octanol–water partition coefficient (Wildman–Crippen LogP) is 1.65. The number of hydrogen-bond donors (Lipinski definition) is 1. The van der Waals surface area contributed by atoms with Crippen LogP contribution >= 0.6 is 11.3 Å². The molecular weight excluding hydrogens is 272 g/mol. The van der Waals surface area contributed by atoms with Crippen molar-refractivity contribution in [3.05, 3.63) is 16.1 Å². The van der Waals surface area contributed by atoms with Gasteiger partial charge in [-0.3, -0.25) is 0 Å². The molecule has 1 aromatic rings. The number of rotatable bonds is 2. The van der Waals surface area contributed by atoms with Crippen molar-refractivity contribution in [3.8, 4) is 0 Å². The average Bonchev–Trinajstić information content (AvgIpc) is 2.97. The van der Waals surface area contributed by atoms with Crippen LogP contribution in [0.4, 0.5) is 4.79 Å². The van der Waals surface area contributed by atoms with Crippen LogP contribution in [0, 0.1) is 0 Å². The molecular formula is C14H22N4OS. The molecule has 2 fully saturated rings. The van der Waals surface area contributed by atoms with Crippen LogP contribution in [0.25, 0.3) is 0 Å². The number of carbonyl (C=O) groups excluding carboxylic acids is 1. The lowest BCUT2D eigenvalue weighted by atomic mass is 9.93. The molecule has 2 amide bonds. The van der Waals surface area contributed by atoms with Gasteiger partial charge in [-0.2, -0.15) is 0 Å². The van der Waals surface area contributed by atoms with Gasteiger partial charge in [-0.25, -0.2) is 9.78 Å². The lowest BCUT2D eigenvalue weighted by Crippen LogP contribution is -2.49. The number of aromatic nitrogens is 1. The van der Waals surface area contributed by atoms with Gasteiger partial charge < -0.3 is 15.1 Å². The topological polar surface area (TPSA) is 48.5 Å². The molecule has 0 aliphatic carbocycles. The van der Waals surface area contributed by atoms with Gasteiger partial charge in [-0.15, -0.1) is 11.3 Å². The Morgan fingerprint density at radius 3 is 2.95 bits per heavy atom. The molecule has 2 saturated heterocycles. The van der Waals surface area contributed by atoms with E-state index in [4.69, 9.17) is 0 Å². The Morgan fingerprint density at radius 2 is 2.30 bits per heavy atom. The number of piperazine rings is 1. The van der Waals surface area contributed by atoms with Crippen LogP contribution < -0.4 is 5.32 Å². The Balaban J connectivity index is 1.69. The fraction of sp³-hybridized carbons (Fsp3) is 0.714. The summed E-state index contributed by atoms with van der Waals surface area (Å²) in [6.45, 7) is 10.6. The van der Waals surface area contributed by atoms with Crippen LogP contribution in [0.3, 0.4) is 0 Å². The molecule has 3 rings (SSSR count). The van der Waals surface area contributed by atoms with Crippen molar-refractivity contribution < 1.29 is 4.79 Å². The number of amides is 2. The summed E-state index contributed by atoms with van der Waals surface area (Å²) in [5.74, 6) is 0. The van der Waals surface area contributed by atoms with Crippen molar-refractivity contribution >= 4 is 17.4 Å². The number of thiazole rings is 1. The predicted molar refractivity (Wildman–Crippen MR) is 80.0 cm³/mol. The Bertz CT molecular complexity index is 508. The van der Waals surface area contributed by atoms with Crippen LogP contribution in [0.2, 0.25) is 0 Å². The van der Waals surface area contributed by atoms with Gasteiger partial charge in [0.15, 0.2) is 0 Å². The van der Waals surface area contributed by atoms with Crippen molar-refractivity contribution in [2.45, 2.75) is 38.8 Å². The minimum atomic E-state index is 0.0746. The smallest absolute Gasteiger partial charge is 0.317 e. The van der Waals surface area contributed by atoms with Gasteiger partial charge in [0.1, 0.15) is 5.01 Å². The van der Waals surface area contributed by atoms with E-state index in [1.807, 2.05) is 9.80 Å². The number of carbonyl (C=O) groups is 1. The number of nitrogens with zero attached hydrogens (tertiary/aromatic N) is 3. The highest BCUT2D eigenvalue weighted by Crippen LogP contribution is 2.26. The van der Waals surface area contributed by atoms with Crippen LogP contribution in [0.1, 0.15) is 31.5 Å². The van der Waals surface area contributed by atoms with Gasteiger partial charge in [0.05, 0.1) is 18.3 Å². The van der Waals surface area contributed by atoms with E-state index in [1.54, 1.807) is 11.3 Å². The summed E-state index contributed by atoms with van der Waals surface area (Å²) in [7, 11) is 0. The monoisotopic (exact) mass is 294 g/mol.